The van der Waals surface area contributed by atoms with E-state index in [1.165, 1.54) is 12.2 Å². The smallest absolute Gasteiger partial charge is 0.121 e. The molecule has 1 rings (SSSR count). The zero-order valence-electron chi connectivity index (χ0n) is 6.06. The lowest BCUT2D eigenvalue weighted by Gasteiger charge is -2.26. The van der Waals surface area contributed by atoms with Crippen molar-refractivity contribution in [3.8, 4) is 0 Å². The Balaban J connectivity index is 2.88. The van der Waals surface area contributed by atoms with Crippen molar-refractivity contribution >= 4 is 0 Å². The summed E-state index contributed by atoms with van der Waals surface area (Å²) in [6.07, 6.45) is 4.12. The Hall–Kier alpha value is -0.630. The summed E-state index contributed by atoms with van der Waals surface area (Å²) in [5, 5.41) is 9.41. The molecular formula is C8H10FO. The molecule has 55 valence electrons. The molecule has 0 aliphatic heterocycles. The third-order valence-corrected chi connectivity index (χ3v) is 1.71. The number of allylic oxidation sites excluding steroid dienone is 2. The molecule has 0 amide bonds. The standard InChI is InChI=1S/C8H10FO/c1-6-3-4-7(9)5-8(6,2)10/h3-5,10H,1-2H3. The van der Waals surface area contributed by atoms with E-state index < -0.39 is 5.60 Å². The molecule has 1 aliphatic rings. The van der Waals surface area contributed by atoms with Gasteiger partial charge in [-0.15, -0.1) is 0 Å². The van der Waals surface area contributed by atoms with Gasteiger partial charge in [0.2, 0.25) is 0 Å². The predicted octanol–water partition coefficient (Wildman–Crippen LogP) is 1.75. The zero-order chi connectivity index (χ0) is 7.78. The van der Waals surface area contributed by atoms with Crippen LogP contribution in [0.4, 0.5) is 4.39 Å². The third-order valence-electron chi connectivity index (χ3n) is 1.71. The molecule has 0 aromatic heterocycles. The summed E-state index contributed by atoms with van der Waals surface area (Å²) in [6, 6.07) is 0. The number of aliphatic hydroxyl groups is 1. The first-order valence-electron chi connectivity index (χ1n) is 3.15. The molecule has 1 nitrogen and oxygen atoms in total. The van der Waals surface area contributed by atoms with Crippen molar-refractivity contribution in [1.82, 2.24) is 0 Å². The van der Waals surface area contributed by atoms with Gasteiger partial charge in [0.1, 0.15) is 5.83 Å². The van der Waals surface area contributed by atoms with Gasteiger partial charge in [-0.05, 0) is 19.1 Å². The van der Waals surface area contributed by atoms with Crippen LogP contribution in [0.5, 0.6) is 0 Å². The average molecular weight is 141 g/mol. The van der Waals surface area contributed by atoms with Crippen LogP contribution in [0.25, 0.3) is 0 Å². The molecule has 2 heteroatoms. The lowest BCUT2D eigenvalue weighted by Crippen LogP contribution is -2.29. The maximum Gasteiger partial charge on any atom is 0.121 e. The van der Waals surface area contributed by atoms with Crippen LogP contribution in [0.2, 0.25) is 0 Å². The van der Waals surface area contributed by atoms with Crippen molar-refractivity contribution in [3.63, 3.8) is 0 Å². The fraction of sp³-hybridized carbons (Fsp3) is 0.375. The predicted molar refractivity (Wildman–Crippen MR) is 37.9 cm³/mol. The Morgan fingerprint density at radius 1 is 1.50 bits per heavy atom. The molecular weight excluding hydrogens is 131 g/mol. The second kappa shape index (κ2) is 2.20. The van der Waals surface area contributed by atoms with Crippen molar-refractivity contribution in [1.29, 1.82) is 0 Å². The summed E-state index contributed by atoms with van der Waals surface area (Å²) in [5.41, 5.74) is -1.10. The first kappa shape index (κ1) is 7.48. The van der Waals surface area contributed by atoms with Crippen LogP contribution in [0.3, 0.4) is 0 Å². The average Bonchev–Trinajstić information content (AvgIpc) is 1.78. The lowest BCUT2D eigenvalue weighted by atomic mass is 9.87. The SMILES string of the molecule is C[C]1C=CC(F)=CC1(C)O. The number of hydrogen-bond acceptors (Lipinski definition) is 1. The van der Waals surface area contributed by atoms with Crippen molar-refractivity contribution in [3.05, 3.63) is 30.0 Å². The van der Waals surface area contributed by atoms with E-state index in [2.05, 4.69) is 0 Å². The minimum absolute atomic E-state index is 0.379. The van der Waals surface area contributed by atoms with Gasteiger partial charge >= 0.3 is 0 Å². The maximum absolute atomic E-state index is 12.5. The second-order valence-electron chi connectivity index (χ2n) is 2.69. The Morgan fingerprint density at radius 2 is 2.10 bits per heavy atom. The number of rotatable bonds is 0. The first-order chi connectivity index (χ1) is 4.52. The number of hydrogen-bond donors (Lipinski definition) is 1. The van der Waals surface area contributed by atoms with E-state index in [0.717, 1.165) is 5.92 Å². The molecule has 0 spiro atoms. The Labute approximate surface area is 59.9 Å². The molecule has 1 atom stereocenters. The maximum atomic E-state index is 12.5. The summed E-state index contributed by atoms with van der Waals surface area (Å²) in [5.74, 6) is 0.379. The Bertz CT molecular complexity index is 191. The van der Waals surface area contributed by atoms with Crippen molar-refractivity contribution < 1.29 is 9.50 Å². The van der Waals surface area contributed by atoms with Gasteiger partial charge in [0.15, 0.2) is 0 Å². The quantitative estimate of drug-likeness (QED) is 0.545. The van der Waals surface area contributed by atoms with Gasteiger partial charge in [0, 0.05) is 5.92 Å². The molecule has 0 aromatic rings. The normalized spacial score (nSPS) is 34.2. The van der Waals surface area contributed by atoms with Gasteiger partial charge in [0.05, 0.1) is 5.60 Å². The molecule has 0 fully saturated rings. The molecule has 1 radical (unpaired) electrons. The van der Waals surface area contributed by atoms with E-state index in [1.807, 2.05) is 0 Å². The van der Waals surface area contributed by atoms with Crippen LogP contribution < -0.4 is 0 Å². The van der Waals surface area contributed by atoms with Gasteiger partial charge in [0.25, 0.3) is 0 Å². The second-order valence-corrected chi connectivity index (χ2v) is 2.69. The molecule has 10 heavy (non-hydrogen) atoms. The molecule has 1 aliphatic carbocycles. The van der Waals surface area contributed by atoms with Crippen LogP contribution in [-0.2, 0) is 0 Å². The van der Waals surface area contributed by atoms with E-state index >= 15 is 0 Å². The Morgan fingerprint density at radius 3 is 2.50 bits per heavy atom. The zero-order valence-corrected chi connectivity index (χ0v) is 6.06. The fourth-order valence-electron chi connectivity index (χ4n) is 0.804. The van der Waals surface area contributed by atoms with Gasteiger partial charge < -0.3 is 5.11 Å². The van der Waals surface area contributed by atoms with E-state index in [-0.39, 0.29) is 5.83 Å². The van der Waals surface area contributed by atoms with Crippen LogP contribution in [0, 0.1) is 5.92 Å². The highest BCUT2D eigenvalue weighted by Crippen LogP contribution is 2.28. The minimum atomic E-state index is -1.10. The van der Waals surface area contributed by atoms with E-state index in [0.29, 0.717) is 0 Å². The van der Waals surface area contributed by atoms with E-state index in [4.69, 9.17) is 0 Å². The van der Waals surface area contributed by atoms with Crippen LogP contribution in [0.15, 0.2) is 24.1 Å². The van der Waals surface area contributed by atoms with Gasteiger partial charge in [-0.25, -0.2) is 4.39 Å². The third kappa shape index (κ3) is 1.27. The topological polar surface area (TPSA) is 20.2 Å². The molecule has 1 unspecified atom stereocenters. The summed E-state index contributed by atoms with van der Waals surface area (Å²) in [4.78, 5) is 0. The molecule has 1 N–H and O–H groups in total. The fourth-order valence-corrected chi connectivity index (χ4v) is 0.804. The van der Waals surface area contributed by atoms with Crippen LogP contribution in [-0.4, -0.2) is 10.7 Å². The van der Waals surface area contributed by atoms with E-state index in [9.17, 15) is 9.50 Å². The summed E-state index contributed by atoms with van der Waals surface area (Å²) >= 11 is 0. The Kier molecular flexibility index (Phi) is 1.65. The highest BCUT2D eigenvalue weighted by atomic mass is 19.1. The lowest BCUT2D eigenvalue weighted by molar-refractivity contribution is 0.129. The molecule has 0 aromatic carbocycles. The van der Waals surface area contributed by atoms with Crippen molar-refractivity contribution in [2.24, 2.45) is 0 Å². The van der Waals surface area contributed by atoms with Crippen LogP contribution in [0.1, 0.15) is 13.8 Å². The summed E-state index contributed by atoms with van der Waals surface area (Å²) in [6.45, 7) is 3.32. The minimum Gasteiger partial charge on any atom is -0.385 e. The number of halogens is 1. The highest BCUT2D eigenvalue weighted by molar-refractivity contribution is 5.35. The monoisotopic (exact) mass is 141 g/mol. The van der Waals surface area contributed by atoms with Crippen LogP contribution >= 0.6 is 0 Å². The first-order valence-corrected chi connectivity index (χ1v) is 3.15. The summed E-state index contributed by atoms with van der Waals surface area (Å²) < 4.78 is 12.5. The molecule has 0 heterocycles. The van der Waals surface area contributed by atoms with Gasteiger partial charge in [-0.3, -0.25) is 0 Å². The van der Waals surface area contributed by atoms with Gasteiger partial charge in [-0.2, -0.15) is 0 Å². The molecule has 0 saturated heterocycles. The van der Waals surface area contributed by atoms with Gasteiger partial charge in [-0.1, -0.05) is 13.0 Å². The summed E-state index contributed by atoms with van der Waals surface area (Å²) in [7, 11) is 0. The van der Waals surface area contributed by atoms with Crippen molar-refractivity contribution in [2.45, 2.75) is 19.4 Å². The highest BCUT2D eigenvalue weighted by Gasteiger charge is 2.27. The largest absolute Gasteiger partial charge is 0.385 e. The van der Waals surface area contributed by atoms with Crippen molar-refractivity contribution in [2.75, 3.05) is 0 Å². The molecule has 0 saturated carbocycles. The molecule has 0 bridgehead atoms. The van der Waals surface area contributed by atoms with E-state index in [1.54, 1.807) is 19.9 Å².